The fourth-order valence-electron chi connectivity index (χ4n) is 1.64. The molecule has 0 aromatic heterocycles. The van der Waals surface area contributed by atoms with E-state index in [1.807, 2.05) is 39.0 Å². The Labute approximate surface area is 109 Å². The zero-order chi connectivity index (χ0) is 13.8. The van der Waals surface area contributed by atoms with E-state index in [1.165, 1.54) is 0 Å². The topological polar surface area (TPSA) is 49.3 Å². The van der Waals surface area contributed by atoms with E-state index in [1.54, 1.807) is 6.92 Å². The van der Waals surface area contributed by atoms with Crippen LogP contribution in [0.25, 0.3) is 0 Å². The van der Waals surface area contributed by atoms with Crippen molar-refractivity contribution < 1.29 is 9.90 Å². The first kappa shape index (κ1) is 14.7. The minimum atomic E-state index is -0.822. The van der Waals surface area contributed by atoms with Crippen LogP contribution in [-0.4, -0.2) is 23.2 Å². The van der Waals surface area contributed by atoms with E-state index in [0.717, 1.165) is 16.7 Å². The lowest BCUT2D eigenvalue weighted by molar-refractivity contribution is -0.121. The Morgan fingerprint density at radius 3 is 2.67 bits per heavy atom. The minimum absolute atomic E-state index is 0.0441. The van der Waals surface area contributed by atoms with Crippen LogP contribution in [0.1, 0.15) is 37.0 Å². The summed E-state index contributed by atoms with van der Waals surface area (Å²) in [5, 5.41) is 12.6. The maximum Gasteiger partial charge on any atom is 0.224 e. The van der Waals surface area contributed by atoms with Gasteiger partial charge in [0.2, 0.25) is 5.91 Å². The van der Waals surface area contributed by atoms with Gasteiger partial charge in [0.25, 0.3) is 0 Å². The molecule has 1 aromatic rings. The molecule has 1 rings (SSSR count). The van der Waals surface area contributed by atoms with Crippen LogP contribution < -0.4 is 5.32 Å². The van der Waals surface area contributed by atoms with Gasteiger partial charge in [-0.05, 0) is 38.3 Å². The van der Waals surface area contributed by atoms with E-state index in [9.17, 15) is 9.90 Å². The summed E-state index contributed by atoms with van der Waals surface area (Å²) in [5.74, 6) is -0.0441. The quantitative estimate of drug-likeness (QED) is 0.840. The van der Waals surface area contributed by atoms with Gasteiger partial charge >= 0.3 is 0 Å². The predicted molar refractivity (Wildman–Crippen MR) is 73.5 cm³/mol. The normalized spacial score (nSPS) is 14.1. The lowest BCUT2D eigenvalue weighted by Crippen LogP contribution is -2.40. The molecule has 1 aromatic carbocycles. The van der Waals surface area contributed by atoms with Crippen molar-refractivity contribution in [2.45, 2.75) is 46.1 Å². The van der Waals surface area contributed by atoms with Crippen molar-refractivity contribution in [2.24, 2.45) is 0 Å². The third kappa shape index (κ3) is 4.49. The fourth-order valence-corrected chi connectivity index (χ4v) is 1.64. The van der Waals surface area contributed by atoms with E-state index in [-0.39, 0.29) is 5.91 Å². The number of carbonyl (C=O) groups excluding carboxylic acids is 1. The number of hydrogen-bond donors (Lipinski definition) is 2. The Bertz CT molecular complexity index is 425. The Kier molecular flexibility index (Phi) is 4.91. The van der Waals surface area contributed by atoms with E-state index < -0.39 is 5.60 Å². The van der Waals surface area contributed by atoms with E-state index >= 15 is 0 Å². The second kappa shape index (κ2) is 6.01. The van der Waals surface area contributed by atoms with Gasteiger partial charge in [-0.2, -0.15) is 0 Å². The zero-order valence-electron chi connectivity index (χ0n) is 11.7. The van der Waals surface area contributed by atoms with Gasteiger partial charge in [0.1, 0.15) is 0 Å². The molecular formula is C15H23NO2. The largest absolute Gasteiger partial charge is 0.388 e. The average Bonchev–Trinajstić information content (AvgIpc) is 2.31. The van der Waals surface area contributed by atoms with Gasteiger partial charge in [-0.3, -0.25) is 4.79 Å². The molecule has 0 saturated carbocycles. The number of benzene rings is 1. The number of rotatable bonds is 5. The van der Waals surface area contributed by atoms with Crippen LogP contribution in [0.4, 0.5) is 0 Å². The molecule has 0 saturated heterocycles. The van der Waals surface area contributed by atoms with Gasteiger partial charge in [-0.15, -0.1) is 0 Å². The molecule has 2 N–H and O–H groups in total. The highest BCUT2D eigenvalue weighted by molar-refractivity contribution is 5.79. The lowest BCUT2D eigenvalue weighted by Gasteiger charge is -2.21. The second-order valence-electron chi connectivity index (χ2n) is 5.23. The molecule has 3 nitrogen and oxygen atoms in total. The van der Waals surface area contributed by atoms with Crippen molar-refractivity contribution in [3.05, 3.63) is 34.9 Å². The number of aryl methyl sites for hydroxylation is 2. The summed E-state index contributed by atoms with van der Waals surface area (Å²) < 4.78 is 0. The number of carbonyl (C=O) groups is 1. The van der Waals surface area contributed by atoms with Crippen LogP contribution >= 0.6 is 0 Å². The number of nitrogens with one attached hydrogen (secondary N) is 1. The zero-order valence-corrected chi connectivity index (χ0v) is 11.7. The Hall–Kier alpha value is -1.35. The van der Waals surface area contributed by atoms with E-state index in [0.29, 0.717) is 19.4 Å². The molecule has 18 heavy (non-hydrogen) atoms. The Morgan fingerprint density at radius 2 is 2.06 bits per heavy atom. The third-order valence-corrected chi connectivity index (χ3v) is 3.28. The van der Waals surface area contributed by atoms with Gasteiger partial charge in [0, 0.05) is 6.54 Å². The van der Waals surface area contributed by atoms with Gasteiger partial charge in [-0.1, -0.05) is 30.7 Å². The van der Waals surface area contributed by atoms with Gasteiger partial charge in [0.05, 0.1) is 12.0 Å². The molecule has 0 heterocycles. The van der Waals surface area contributed by atoms with Crippen LogP contribution in [0.5, 0.6) is 0 Å². The first-order valence-electron chi connectivity index (χ1n) is 6.39. The first-order valence-corrected chi connectivity index (χ1v) is 6.39. The SMILES string of the molecule is CCC(C)(O)CNC(=O)Cc1cc(C)ccc1C. The van der Waals surface area contributed by atoms with Crippen molar-refractivity contribution in [1.82, 2.24) is 5.32 Å². The summed E-state index contributed by atoms with van der Waals surface area (Å²) in [5.41, 5.74) is 2.50. The van der Waals surface area contributed by atoms with Crippen molar-refractivity contribution in [3.63, 3.8) is 0 Å². The minimum Gasteiger partial charge on any atom is -0.388 e. The monoisotopic (exact) mass is 249 g/mol. The maximum absolute atomic E-state index is 11.8. The molecule has 1 amide bonds. The molecular weight excluding hydrogens is 226 g/mol. The van der Waals surface area contributed by atoms with Gasteiger partial charge in [0.15, 0.2) is 0 Å². The van der Waals surface area contributed by atoms with Crippen LogP contribution in [0.15, 0.2) is 18.2 Å². The molecule has 0 aliphatic heterocycles. The molecule has 1 unspecified atom stereocenters. The molecule has 100 valence electrons. The molecule has 0 fully saturated rings. The van der Waals surface area contributed by atoms with Gasteiger partial charge < -0.3 is 10.4 Å². The van der Waals surface area contributed by atoms with Crippen molar-refractivity contribution in [2.75, 3.05) is 6.54 Å². The fraction of sp³-hybridized carbons (Fsp3) is 0.533. The molecule has 0 bridgehead atoms. The van der Waals surface area contributed by atoms with Crippen LogP contribution in [0.3, 0.4) is 0 Å². The van der Waals surface area contributed by atoms with Crippen molar-refractivity contribution >= 4 is 5.91 Å². The smallest absolute Gasteiger partial charge is 0.224 e. The van der Waals surface area contributed by atoms with Crippen LogP contribution in [-0.2, 0) is 11.2 Å². The Balaban J connectivity index is 2.57. The summed E-state index contributed by atoms with van der Waals surface area (Å²) in [4.78, 5) is 11.8. The molecule has 0 aliphatic carbocycles. The number of hydrogen-bond acceptors (Lipinski definition) is 2. The summed E-state index contributed by atoms with van der Waals surface area (Å²) >= 11 is 0. The highest BCUT2D eigenvalue weighted by atomic mass is 16.3. The highest BCUT2D eigenvalue weighted by Crippen LogP contribution is 2.11. The molecule has 3 heteroatoms. The number of aliphatic hydroxyl groups is 1. The first-order chi connectivity index (χ1) is 8.34. The average molecular weight is 249 g/mol. The maximum atomic E-state index is 11.8. The van der Waals surface area contributed by atoms with Crippen LogP contribution in [0, 0.1) is 13.8 Å². The van der Waals surface area contributed by atoms with Crippen LogP contribution in [0.2, 0.25) is 0 Å². The second-order valence-corrected chi connectivity index (χ2v) is 5.23. The molecule has 0 radical (unpaired) electrons. The van der Waals surface area contributed by atoms with Crippen molar-refractivity contribution in [3.8, 4) is 0 Å². The predicted octanol–water partition coefficient (Wildman–Crippen LogP) is 2.12. The number of amides is 1. The standard InChI is InChI=1S/C15H23NO2/c1-5-15(4,18)10-16-14(17)9-13-8-11(2)6-7-12(13)3/h6-8,18H,5,9-10H2,1-4H3,(H,16,17). The van der Waals surface area contributed by atoms with Crippen molar-refractivity contribution in [1.29, 1.82) is 0 Å². The molecule has 1 atom stereocenters. The van der Waals surface area contributed by atoms with Gasteiger partial charge in [-0.25, -0.2) is 0 Å². The highest BCUT2D eigenvalue weighted by Gasteiger charge is 2.18. The third-order valence-electron chi connectivity index (χ3n) is 3.28. The summed E-state index contributed by atoms with van der Waals surface area (Å²) in [6.45, 7) is 7.95. The molecule has 0 spiro atoms. The summed E-state index contributed by atoms with van der Waals surface area (Å²) in [6.07, 6.45) is 0.990. The molecule has 0 aliphatic rings. The Morgan fingerprint density at radius 1 is 1.39 bits per heavy atom. The van der Waals surface area contributed by atoms with E-state index in [4.69, 9.17) is 0 Å². The lowest BCUT2D eigenvalue weighted by atomic mass is 10.0. The summed E-state index contributed by atoms with van der Waals surface area (Å²) in [6, 6.07) is 6.10. The summed E-state index contributed by atoms with van der Waals surface area (Å²) in [7, 11) is 0. The van der Waals surface area contributed by atoms with E-state index in [2.05, 4.69) is 5.32 Å².